The van der Waals surface area contributed by atoms with Crippen molar-refractivity contribution in [2.24, 2.45) is 11.8 Å². The lowest BCUT2D eigenvalue weighted by molar-refractivity contribution is 0.535. The molecule has 0 radical (unpaired) electrons. The second kappa shape index (κ2) is 6.73. The van der Waals surface area contributed by atoms with Crippen molar-refractivity contribution in [3.8, 4) is 0 Å². The topological polar surface area (TPSA) is 49.8 Å². The molecular weight excluding hydrogens is 236 g/mol. The van der Waals surface area contributed by atoms with Gasteiger partial charge in [0.05, 0.1) is 0 Å². The van der Waals surface area contributed by atoms with Crippen LogP contribution in [0.25, 0.3) is 0 Å². The predicted octanol–water partition coefficient (Wildman–Crippen LogP) is 3.32. The minimum absolute atomic E-state index is 0.743. The maximum absolute atomic E-state index is 4.43. The smallest absolute Gasteiger partial charge is 0.134 e. The summed E-state index contributed by atoms with van der Waals surface area (Å²) in [4.78, 5) is 8.79. The molecule has 1 aromatic rings. The van der Waals surface area contributed by atoms with Crippen molar-refractivity contribution in [1.82, 2.24) is 9.97 Å². The zero-order chi connectivity index (χ0) is 13.7. The fraction of sp³-hybridized carbons (Fsp3) is 0.733. The Labute approximate surface area is 116 Å². The number of hydrogen-bond donors (Lipinski definition) is 2. The van der Waals surface area contributed by atoms with Crippen LogP contribution < -0.4 is 10.6 Å². The van der Waals surface area contributed by atoms with Crippen molar-refractivity contribution in [2.45, 2.75) is 46.5 Å². The Bertz CT molecular complexity index is 401. The maximum Gasteiger partial charge on any atom is 0.134 e. The van der Waals surface area contributed by atoms with E-state index in [2.05, 4.69) is 41.4 Å². The predicted molar refractivity (Wildman–Crippen MR) is 80.6 cm³/mol. The highest BCUT2D eigenvalue weighted by molar-refractivity contribution is 5.57. The second-order valence-corrected chi connectivity index (χ2v) is 5.53. The first-order valence-electron chi connectivity index (χ1n) is 7.57. The van der Waals surface area contributed by atoms with Gasteiger partial charge in [0.2, 0.25) is 0 Å². The molecule has 0 spiro atoms. The van der Waals surface area contributed by atoms with Crippen LogP contribution in [0.2, 0.25) is 0 Å². The Morgan fingerprint density at radius 3 is 2.47 bits per heavy atom. The van der Waals surface area contributed by atoms with Crippen LogP contribution in [0, 0.1) is 11.8 Å². The maximum atomic E-state index is 4.43. The molecule has 1 aliphatic carbocycles. The van der Waals surface area contributed by atoms with Gasteiger partial charge >= 0.3 is 0 Å². The van der Waals surface area contributed by atoms with E-state index in [1.54, 1.807) is 6.33 Å². The van der Waals surface area contributed by atoms with Crippen LogP contribution in [0.3, 0.4) is 0 Å². The van der Waals surface area contributed by atoms with Crippen molar-refractivity contribution in [3.63, 3.8) is 0 Å². The molecule has 0 amide bonds. The van der Waals surface area contributed by atoms with E-state index in [9.17, 15) is 0 Å². The molecule has 1 heterocycles. The van der Waals surface area contributed by atoms with E-state index in [0.29, 0.717) is 0 Å². The highest BCUT2D eigenvalue weighted by atomic mass is 15.1. The monoisotopic (exact) mass is 262 g/mol. The number of aromatic nitrogens is 2. The number of hydrogen-bond acceptors (Lipinski definition) is 4. The fourth-order valence-electron chi connectivity index (χ4n) is 2.46. The minimum Gasteiger partial charge on any atom is -0.370 e. The molecule has 1 aliphatic rings. The van der Waals surface area contributed by atoms with E-state index in [4.69, 9.17) is 0 Å². The molecule has 1 aromatic heterocycles. The van der Waals surface area contributed by atoms with Crippen LogP contribution in [0.1, 0.15) is 45.6 Å². The fourth-order valence-corrected chi connectivity index (χ4v) is 2.46. The Balaban J connectivity index is 2.05. The van der Waals surface area contributed by atoms with Crippen molar-refractivity contribution in [1.29, 1.82) is 0 Å². The van der Waals surface area contributed by atoms with Crippen molar-refractivity contribution in [2.75, 3.05) is 23.7 Å². The van der Waals surface area contributed by atoms with E-state index >= 15 is 0 Å². The lowest BCUT2D eigenvalue weighted by Gasteiger charge is -2.16. The highest BCUT2D eigenvalue weighted by Gasteiger charge is 2.27. The molecule has 4 heteroatoms. The standard InChI is InChI=1S/C15H26N4/c1-4-6-13-14(16-5-2)18-10-19-15(13)17-9-11(3)12-7-8-12/h10-12H,4-9H2,1-3H3,(H2,16,17,18,19). The average molecular weight is 262 g/mol. The third-order valence-corrected chi connectivity index (χ3v) is 3.81. The second-order valence-electron chi connectivity index (χ2n) is 5.53. The van der Waals surface area contributed by atoms with Gasteiger partial charge in [-0.2, -0.15) is 0 Å². The molecule has 1 fully saturated rings. The Morgan fingerprint density at radius 2 is 1.89 bits per heavy atom. The molecule has 2 N–H and O–H groups in total. The van der Waals surface area contributed by atoms with Gasteiger partial charge in [-0.25, -0.2) is 9.97 Å². The summed E-state index contributed by atoms with van der Waals surface area (Å²) >= 11 is 0. The molecule has 19 heavy (non-hydrogen) atoms. The van der Waals surface area contributed by atoms with Gasteiger partial charge in [0.25, 0.3) is 0 Å². The third kappa shape index (κ3) is 3.82. The summed E-state index contributed by atoms with van der Waals surface area (Å²) in [7, 11) is 0. The highest BCUT2D eigenvalue weighted by Crippen LogP contribution is 2.36. The number of rotatable bonds is 8. The van der Waals surface area contributed by atoms with Gasteiger partial charge in [-0.1, -0.05) is 20.3 Å². The van der Waals surface area contributed by atoms with Crippen molar-refractivity contribution >= 4 is 11.6 Å². The van der Waals surface area contributed by atoms with Crippen LogP contribution in [0.4, 0.5) is 11.6 Å². The summed E-state index contributed by atoms with van der Waals surface area (Å²) in [5.41, 5.74) is 1.23. The van der Waals surface area contributed by atoms with Crippen LogP contribution >= 0.6 is 0 Å². The first kappa shape index (κ1) is 14.1. The molecule has 1 saturated carbocycles. The van der Waals surface area contributed by atoms with E-state index < -0.39 is 0 Å². The molecular formula is C15H26N4. The van der Waals surface area contributed by atoms with Crippen molar-refractivity contribution in [3.05, 3.63) is 11.9 Å². The van der Waals surface area contributed by atoms with Crippen LogP contribution in [0.5, 0.6) is 0 Å². The normalized spacial score (nSPS) is 16.2. The Morgan fingerprint density at radius 1 is 1.21 bits per heavy atom. The largest absolute Gasteiger partial charge is 0.370 e. The molecule has 2 rings (SSSR count). The van der Waals surface area contributed by atoms with Gasteiger partial charge in [-0.15, -0.1) is 0 Å². The summed E-state index contributed by atoms with van der Waals surface area (Å²) in [6.45, 7) is 8.53. The zero-order valence-corrected chi connectivity index (χ0v) is 12.4. The first-order chi connectivity index (χ1) is 9.26. The summed E-state index contributed by atoms with van der Waals surface area (Å²) in [6.07, 6.45) is 6.58. The molecule has 1 unspecified atom stereocenters. The van der Waals surface area contributed by atoms with Gasteiger partial charge in [-0.3, -0.25) is 0 Å². The molecule has 1 atom stereocenters. The number of anilines is 2. The van der Waals surface area contributed by atoms with Crippen LogP contribution in [0.15, 0.2) is 6.33 Å². The third-order valence-electron chi connectivity index (χ3n) is 3.81. The molecule has 106 valence electrons. The molecule has 0 aliphatic heterocycles. The Hall–Kier alpha value is -1.32. The van der Waals surface area contributed by atoms with Gasteiger partial charge in [0.15, 0.2) is 0 Å². The quantitative estimate of drug-likeness (QED) is 0.754. The SMILES string of the molecule is CCCc1c(NCC)ncnc1NCC(C)C1CC1. The lowest BCUT2D eigenvalue weighted by Crippen LogP contribution is -2.16. The van der Waals surface area contributed by atoms with Gasteiger partial charge in [-0.05, 0) is 38.0 Å². The molecule has 0 saturated heterocycles. The number of nitrogens with zero attached hydrogens (tertiary/aromatic N) is 2. The van der Waals surface area contributed by atoms with E-state index in [0.717, 1.165) is 49.4 Å². The molecule has 0 bridgehead atoms. The summed E-state index contributed by atoms with van der Waals surface area (Å²) in [5.74, 6) is 3.67. The summed E-state index contributed by atoms with van der Waals surface area (Å²) < 4.78 is 0. The van der Waals surface area contributed by atoms with E-state index in [1.807, 2.05) is 0 Å². The summed E-state index contributed by atoms with van der Waals surface area (Å²) in [6, 6.07) is 0. The first-order valence-corrected chi connectivity index (χ1v) is 7.57. The van der Waals surface area contributed by atoms with Crippen LogP contribution in [-0.2, 0) is 6.42 Å². The summed E-state index contributed by atoms with van der Waals surface area (Å²) in [5, 5.41) is 6.86. The average Bonchev–Trinajstić information content (AvgIpc) is 3.23. The van der Waals surface area contributed by atoms with Gasteiger partial charge < -0.3 is 10.6 Å². The van der Waals surface area contributed by atoms with E-state index in [1.165, 1.54) is 18.4 Å². The lowest BCUT2D eigenvalue weighted by atomic mass is 10.1. The van der Waals surface area contributed by atoms with Gasteiger partial charge in [0, 0.05) is 18.7 Å². The molecule has 4 nitrogen and oxygen atoms in total. The minimum atomic E-state index is 0.743. The number of nitrogens with one attached hydrogen (secondary N) is 2. The van der Waals surface area contributed by atoms with Gasteiger partial charge in [0.1, 0.15) is 18.0 Å². The molecule has 0 aromatic carbocycles. The Kier molecular flexibility index (Phi) is 5.00. The zero-order valence-electron chi connectivity index (χ0n) is 12.4. The van der Waals surface area contributed by atoms with Crippen molar-refractivity contribution < 1.29 is 0 Å². The van der Waals surface area contributed by atoms with E-state index in [-0.39, 0.29) is 0 Å². The van der Waals surface area contributed by atoms with Crippen LogP contribution in [-0.4, -0.2) is 23.1 Å².